The van der Waals surface area contributed by atoms with Gasteiger partial charge in [-0.05, 0) is 29.7 Å². The Morgan fingerprint density at radius 2 is 1.54 bits per heavy atom. The number of rotatable bonds is 8. The number of carbonyl (C=O) groups excluding carboxylic acids is 3. The first-order valence-electron chi connectivity index (χ1n) is 8.75. The Bertz CT molecular complexity index is 790. The first-order valence-corrected chi connectivity index (χ1v) is 8.75. The van der Waals surface area contributed by atoms with E-state index >= 15 is 0 Å². The molecule has 0 spiro atoms. The van der Waals surface area contributed by atoms with Crippen molar-refractivity contribution in [3.05, 3.63) is 65.7 Å². The summed E-state index contributed by atoms with van der Waals surface area (Å²) in [4.78, 5) is 35.4. The van der Waals surface area contributed by atoms with Gasteiger partial charge >= 0.3 is 18.0 Å². The number of nitrogens with one attached hydrogen (secondary N) is 1. The third kappa shape index (κ3) is 6.42. The van der Waals surface area contributed by atoms with E-state index in [-0.39, 0.29) is 13.0 Å². The summed E-state index contributed by atoms with van der Waals surface area (Å²) in [6.45, 7) is 0.194. The number of benzene rings is 2. The number of carbonyl (C=O) groups is 3. The highest BCUT2D eigenvalue weighted by molar-refractivity contribution is 5.95. The van der Waals surface area contributed by atoms with Crippen LogP contribution < -0.4 is 5.32 Å². The number of ether oxygens (including phenoxy) is 3. The number of amides is 1. The van der Waals surface area contributed by atoms with Gasteiger partial charge in [0.05, 0.1) is 20.8 Å². The molecule has 2 aromatic rings. The summed E-state index contributed by atoms with van der Waals surface area (Å²) in [5.41, 5.74) is 2.36. The molecule has 7 heteroatoms. The summed E-state index contributed by atoms with van der Waals surface area (Å²) in [6.07, 6.45) is 0.137. The maximum atomic E-state index is 11.8. The van der Waals surface area contributed by atoms with E-state index in [2.05, 4.69) is 14.8 Å². The second-order valence-electron chi connectivity index (χ2n) is 6.00. The quantitative estimate of drug-likeness (QED) is 0.427. The summed E-state index contributed by atoms with van der Waals surface area (Å²) in [7, 11) is 2.46. The Balaban J connectivity index is 1.89. The average molecular weight is 385 g/mol. The van der Waals surface area contributed by atoms with Crippen LogP contribution in [0.15, 0.2) is 54.6 Å². The van der Waals surface area contributed by atoms with Crippen LogP contribution in [-0.2, 0) is 36.6 Å². The Labute approximate surface area is 163 Å². The standard InChI is InChI=1S/C21H23NO6/c1-26-19(23)18(20(24)27-2)14-16-8-6-7-15(13-16)11-12-28-21(25)22-17-9-4-3-5-10-17/h3-10,13,18H,11-12,14H2,1-2H3,(H,22,25). The van der Waals surface area contributed by atoms with Crippen LogP contribution in [0.5, 0.6) is 0 Å². The Kier molecular flexibility index (Phi) is 8.02. The lowest BCUT2D eigenvalue weighted by Crippen LogP contribution is -2.28. The van der Waals surface area contributed by atoms with Crippen molar-refractivity contribution in [2.75, 3.05) is 26.1 Å². The minimum atomic E-state index is -1.02. The van der Waals surface area contributed by atoms with Crippen molar-refractivity contribution < 1.29 is 28.6 Å². The molecule has 0 unspecified atom stereocenters. The highest BCUT2D eigenvalue weighted by Crippen LogP contribution is 2.15. The van der Waals surface area contributed by atoms with Gasteiger partial charge in [-0.25, -0.2) is 4.79 Å². The molecule has 0 fully saturated rings. The van der Waals surface area contributed by atoms with Crippen molar-refractivity contribution in [3.63, 3.8) is 0 Å². The molecule has 28 heavy (non-hydrogen) atoms. The zero-order valence-electron chi connectivity index (χ0n) is 15.8. The first-order chi connectivity index (χ1) is 13.5. The lowest BCUT2D eigenvalue weighted by atomic mass is 9.97. The molecular formula is C21H23NO6. The third-order valence-electron chi connectivity index (χ3n) is 4.05. The van der Waals surface area contributed by atoms with Gasteiger partial charge in [-0.15, -0.1) is 0 Å². The average Bonchev–Trinajstić information content (AvgIpc) is 2.72. The van der Waals surface area contributed by atoms with Gasteiger partial charge in [0, 0.05) is 12.1 Å². The monoisotopic (exact) mass is 385 g/mol. The van der Waals surface area contributed by atoms with Crippen molar-refractivity contribution >= 4 is 23.7 Å². The molecule has 0 heterocycles. The zero-order chi connectivity index (χ0) is 20.4. The van der Waals surface area contributed by atoms with Gasteiger partial charge in [0.2, 0.25) is 0 Å². The van der Waals surface area contributed by atoms with Crippen LogP contribution in [0.25, 0.3) is 0 Å². The van der Waals surface area contributed by atoms with Crippen LogP contribution in [-0.4, -0.2) is 38.9 Å². The van der Waals surface area contributed by atoms with E-state index in [1.807, 2.05) is 42.5 Å². The van der Waals surface area contributed by atoms with Crippen LogP contribution in [0.3, 0.4) is 0 Å². The van der Waals surface area contributed by atoms with Crippen molar-refractivity contribution in [1.29, 1.82) is 0 Å². The zero-order valence-corrected chi connectivity index (χ0v) is 15.8. The fraction of sp³-hybridized carbons (Fsp3) is 0.286. The van der Waals surface area contributed by atoms with E-state index in [0.717, 1.165) is 11.1 Å². The molecule has 2 aromatic carbocycles. The number of hydrogen-bond acceptors (Lipinski definition) is 6. The second kappa shape index (κ2) is 10.7. The van der Waals surface area contributed by atoms with Crippen molar-refractivity contribution in [3.8, 4) is 0 Å². The normalized spacial score (nSPS) is 10.2. The molecule has 0 radical (unpaired) electrons. The lowest BCUT2D eigenvalue weighted by Gasteiger charge is -2.13. The van der Waals surface area contributed by atoms with E-state index in [1.54, 1.807) is 12.1 Å². The molecular weight excluding hydrogens is 362 g/mol. The molecule has 0 atom stereocenters. The Morgan fingerprint density at radius 3 is 2.18 bits per heavy atom. The Hall–Kier alpha value is -3.35. The number of hydrogen-bond donors (Lipinski definition) is 1. The fourth-order valence-corrected chi connectivity index (χ4v) is 2.63. The fourth-order valence-electron chi connectivity index (χ4n) is 2.63. The van der Waals surface area contributed by atoms with Crippen LogP contribution >= 0.6 is 0 Å². The summed E-state index contributed by atoms with van der Waals surface area (Å²) in [5.74, 6) is -2.30. The van der Waals surface area contributed by atoms with Gasteiger partial charge in [0.25, 0.3) is 0 Å². The van der Waals surface area contributed by atoms with Crippen LogP contribution in [0.2, 0.25) is 0 Å². The minimum absolute atomic E-state index is 0.169. The highest BCUT2D eigenvalue weighted by atomic mass is 16.6. The van der Waals surface area contributed by atoms with Crippen molar-refractivity contribution in [1.82, 2.24) is 0 Å². The van der Waals surface area contributed by atoms with Gasteiger partial charge < -0.3 is 14.2 Å². The van der Waals surface area contributed by atoms with Gasteiger partial charge in [0.15, 0.2) is 5.92 Å². The molecule has 148 valence electrons. The predicted molar refractivity (Wildman–Crippen MR) is 103 cm³/mol. The van der Waals surface area contributed by atoms with Crippen molar-refractivity contribution in [2.45, 2.75) is 12.8 Å². The third-order valence-corrected chi connectivity index (χ3v) is 4.05. The number of para-hydroxylation sites is 1. The summed E-state index contributed by atoms with van der Waals surface area (Å²) in [5, 5.41) is 2.64. The van der Waals surface area contributed by atoms with Gasteiger partial charge in [-0.3, -0.25) is 14.9 Å². The SMILES string of the molecule is COC(=O)C(Cc1cccc(CCOC(=O)Nc2ccccc2)c1)C(=O)OC. The summed E-state index contributed by atoms with van der Waals surface area (Å²) < 4.78 is 14.5. The molecule has 0 aromatic heterocycles. The first kappa shape index (κ1) is 21.0. The molecule has 0 aliphatic heterocycles. The smallest absolute Gasteiger partial charge is 0.411 e. The van der Waals surface area contributed by atoms with Gasteiger partial charge in [-0.1, -0.05) is 42.5 Å². The molecule has 0 saturated heterocycles. The number of methoxy groups -OCH3 is 2. The minimum Gasteiger partial charge on any atom is -0.468 e. The molecule has 2 rings (SSSR count). The van der Waals surface area contributed by atoms with E-state index in [0.29, 0.717) is 12.1 Å². The molecule has 0 aliphatic rings. The molecule has 0 saturated carbocycles. The maximum absolute atomic E-state index is 11.8. The van der Waals surface area contributed by atoms with E-state index in [1.165, 1.54) is 14.2 Å². The predicted octanol–water partition coefficient (Wildman–Crippen LogP) is 2.98. The number of esters is 2. The lowest BCUT2D eigenvalue weighted by molar-refractivity contribution is -0.158. The van der Waals surface area contributed by atoms with E-state index in [9.17, 15) is 14.4 Å². The van der Waals surface area contributed by atoms with E-state index in [4.69, 9.17) is 4.74 Å². The highest BCUT2D eigenvalue weighted by Gasteiger charge is 2.28. The van der Waals surface area contributed by atoms with Crippen LogP contribution in [0.4, 0.5) is 10.5 Å². The molecule has 1 amide bonds. The second-order valence-corrected chi connectivity index (χ2v) is 6.00. The van der Waals surface area contributed by atoms with Crippen LogP contribution in [0.1, 0.15) is 11.1 Å². The number of anilines is 1. The largest absolute Gasteiger partial charge is 0.468 e. The van der Waals surface area contributed by atoms with E-state index < -0.39 is 23.9 Å². The molecule has 1 N–H and O–H groups in total. The van der Waals surface area contributed by atoms with Crippen LogP contribution in [0, 0.1) is 5.92 Å². The molecule has 0 bridgehead atoms. The van der Waals surface area contributed by atoms with Gasteiger partial charge in [-0.2, -0.15) is 0 Å². The summed E-state index contributed by atoms with van der Waals surface area (Å²) >= 11 is 0. The van der Waals surface area contributed by atoms with Gasteiger partial charge in [0.1, 0.15) is 0 Å². The molecule has 7 nitrogen and oxygen atoms in total. The maximum Gasteiger partial charge on any atom is 0.411 e. The van der Waals surface area contributed by atoms with Crippen molar-refractivity contribution in [2.24, 2.45) is 5.92 Å². The Morgan fingerprint density at radius 1 is 0.893 bits per heavy atom. The topological polar surface area (TPSA) is 90.9 Å². The molecule has 0 aliphatic carbocycles. The summed E-state index contributed by atoms with van der Waals surface area (Å²) in [6, 6.07) is 16.4.